The Morgan fingerprint density at radius 3 is 2.57 bits per heavy atom. The molecule has 0 atom stereocenters. The zero-order valence-electron chi connectivity index (χ0n) is 12.8. The second kappa shape index (κ2) is 5.72. The molecule has 1 aromatic carbocycles. The number of rotatable bonds is 2. The molecule has 119 valence electrons. The van der Waals surface area contributed by atoms with E-state index in [1.807, 2.05) is 6.07 Å². The molecule has 3 heterocycles. The monoisotopic (exact) mass is 361 g/mol. The molecule has 0 spiro atoms. The Bertz CT molecular complexity index is 963. The van der Waals surface area contributed by atoms with Crippen LogP contribution in [0.1, 0.15) is 29.7 Å². The summed E-state index contributed by atoms with van der Waals surface area (Å²) < 4.78 is 25.8. The Balaban J connectivity index is 1.71. The molecular weight excluding hydrogens is 344 g/mol. The van der Waals surface area contributed by atoms with E-state index in [4.69, 9.17) is 0 Å². The standard InChI is InChI=1S/C18H17O2S3/c1-12-5-6-14-13(10-12)11-17(21-14)15-7-8-16(22-15)18-4-2-3-9-23(18,19)20/h5-8,10-11H,2-4,9H2,1H3. The highest BCUT2D eigenvalue weighted by atomic mass is 32.2. The minimum absolute atomic E-state index is 0.303. The van der Waals surface area contributed by atoms with Crippen LogP contribution < -0.4 is 0 Å². The Morgan fingerprint density at radius 2 is 1.74 bits per heavy atom. The summed E-state index contributed by atoms with van der Waals surface area (Å²) >= 11 is 3.38. The van der Waals surface area contributed by atoms with Gasteiger partial charge in [-0.3, -0.25) is 0 Å². The van der Waals surface area contributed by atoms with Crippen LogP contribution in [0.25, 0.3) is 19.8 Å². The normalized spacial score (nSPS) is 18.5. The number of hydrogen-bond acceptors (Lipinski definition) is 4. The number of hydrogen-bond donors (Lipinski definition) is 0. The fraction of sp³-hybridized carbons (Fsp3) is 0.278. The predicted octanol–water partition coefficient (Wildman–Crippen LogP) is 5.42. The van der Waals surface area contributed by atoms with Crippen LogP contribution in [0.5, 0.6) is 0 Å². The van der Waals surface area contributed by atoms with E-state index in [9.17, 15) is 8.42 Å². The number of benzene rings is 1. The molecule has 23 heavy (non-hydrogen) atoms. The lowest BCUT2D eigenvalue weighted by atomic mass is 10.1. The SMILES string of the molecule is Cc1ccc2sc(-c3ccc([C]4CCCCS4(=O)=O)s3)cc2c1. The molecule has 0 amide bonds. The van der Waals surface area contributed by atoms with Crippen molar-refractivity contribution >= 4 is 42.6 Å². The molecule has 1 fully saturated rings. The number of thiophene rings is 2. The van der Waals surface area contributed by atoms with Gasteiger partial charge in [0.2, 0.25) is 0 Å². The Labute approximate surface area is 144 Å². The van der Waals surface area contributed by atoms with Gasteiger partial charge >= 0.3 is 0 Å². The van der Waals surface area contributed by atoms with E-state index >= 15 is 0 Å². The Hall–Kier alpha value is -1.17. The van der Waals surface area contributed by atoms with Crippen LogP contribution >= 0.6 is 22.7 Å². The molecule has 2 nitrogen and oxygen atoms in total. The molecule has 1 aliphatic rings. The topological polar surface area (TPSA) is 34.1 Å². The van der Waals surface area contributed by atoms with Crippen molar-refractivity contribution in [3.63, 3.8) is 0 Å². The van der Waals surface area contributed by atoms with E-state index in [0.717, 1.165) is 22.6 Å². The second-order valence-corrected chi connectivity index (χ2v) is 10.3. The summed E-state index contributed by atoms with van der Waals surface area (Å²) in [7, 11) is -3.05. The number of sulfone groups is 1. The highest BCUT2D eigenvalue weighted by molar-refractivity contribution is 7.94. The van der Waals surface area contributed by atoms with Gasteiger partial charge in [-0.2, -0.15) is 0 Å². The van der Waals surface area contributed by atoms with E-state index in [1.165, 1.54) is 20.5 Å². The fourth-order valence-corrected chi connectivity index (χ4v) is 7.30. The second-order valence-electron chi connectivity index (χ2n) is 6.01. The first kappa shape index (κ1) is 15.4. The lowest BCUT2D eigenvalue weighted by molar-refractivity contribution is 0.578. The van der Waals surface area contributed by atoms with Gasteiger partial charge in [-0.15, -0.1) is 22.7 Å². The molecule has 1 radical (unpaired) electrons. The lowest BCUT2D eigenvalue weighted by Crippen LogP contribution is -2.21. The van der Waals surface area contributed by atoms with Gasteiger partial charge in [0.15, 0.2) is 9.84 Å². The number of fused-ring (bicyclic) bond motifs is 1. The van der Waals surface area contributed by atoms with Gasteiger partial charge in [-0.05, 0) is 49.4 Å². The highest BCUT2D eigenvalue weighted by Gasteiger charge is 2.32. The summed E-state index contributed by atoms with van der Waals surface area (Å²) in [6, 6.07) is 12.7. The van der Waals surface area contributed by atoms with Crippen LogP contribution in [-0.4, -0.2) is 14.2 Å². The van der Waals surface area contributed by atoms with E-state index < -0.39 is 9.84 Å². The van der Waals surface area contributed by atoms with Gasteiger partial charge in [0.1, 0.15) is 5.25 Å². The molecular formula is C18H17O2S3. The predicted molar refractivity (Wildman–Crippen MR) is 99.9 cm³/mol. The molecule has 4 rings (SSSR count). The molecule has 5 heteroatoms. The van der Waals surface area contributed by atoms with Crippen LogP contribution in [0.4, 0.5) is 0 Å². The quantitative estimate of drug-likeness (QED) is 0.611. The largest absolute Gasteiger partial charge is 0.228 e. The van der Waals surface area contributed by atoms with Crippen molar-refractivity contribution in [3.05, 3.63) is 52.1 Å². The molecule has 2 aromatic heterocycles. The van der Waals surface area contributed by atoms with E-state index in [2.05, 4.69) is 37.3 Å². The first-order valence-corrected chi connectivity index (χ1v) is 11.0. The lowest BCUT2D eigenvalue weighted by Gasteiger charge is -2.19. The van der Waals surface area contributed by atoms with Crippen LogP contribution in [-0.2, 0) is 9.84 Å². The molecule has 0 N–H and O–H groups in total. The van der Waals surface area contributed by atoms with Crippen LogP contribution in [0.15, 0.2) is 36.4 Å². The molecule has 0 aliphatic carbocycles. The molecule has 0 saturated carbocycles. The molecule has 1 saturated heterocycles. The van der Waals surface area contributed by atoms with Gasteiger partial charge < -0.3 is 0 Å². The fourth-order valence-electron chi connectivity index (χ4n) is 3.04. The maximum absolute atomic E-state index is 12.3. The van der Waals surface area contributed by atoms with Crippen molar-refractivity contribution in [2.24, 2.45) is 0 Å². The summed E-state index contributed by atoms with van der Waals surface area (Å²) in [5.41, 5.74) is 1.26. The third-order valence-electron chi connectivity index (χ3n) is 4.24. The van der Waals surface area contributed by atoms with Crippen molar-refractivity contribution < 1.29 is 8.42 Å². The Morgan fingerprint density at radius 1 is 0.913 bits per heavy atom. The third-order valence-corrected chi connectivity index (χ3v) is 8.82. The van der Waals surface area contributed by atoms with Gasteiger partial charge in [-0.1, -0.05) is 24.1 Å². The smallest absolute Gasteiger partial charge is 0.162 e. The van der Waals surface area contributed by atoms with Gasteiger partial charge in [-0.25, -0.2) is 8.42 Å². The van der Waals surface area contributed by atoms with E-state index in [1.54, 1.807) is 22.7 Å². The summed E-state index contributed by atoms with van der Waals surface area (Å²) in [4.78, 5) is 3.30. The minimum atomic E-state index is -3.05. The van der Waals surface area contributed by atoms with Crippen molar-refractivity contribution in [1.82, 2.24) is 0 Å². The highest BCUT2D eigenvalue weighted by Crippen LogP contribution is 2.42. The number of aryl methyl sites for hydroxylation is 1. The van der Waals surface area contributed by atoms with Gasteiger partial charge in [0, 0.05) is 19.3 Å². The van der Waals surface area contributed by atoms with Crippen molar-refractivity contribution in [3.8, 4) is 9.75 Å². The van der Waals surface area contributed by atoms with Gasteiger partial charge in [0.25, 0.3) is 0 Å². The first-order chi connectivity index (χ1) is 11.0. The summed E-state index contributed by atoms with van der Waals surface area (Å²) in [5.74, 6) is 0.303. The third kappa shape index (κ3) is 2.86. The van der Waals surface area contributed by atoms with Crippen molar-refractivity contribution in [1.29, 1.82) is 0 Å². The summed E-state index contributed by atoms with van der Waals surface area (Å²) in [6.45, 7) is 2.10. The summed E-state index contributed by atoms with van der Waals surface area (Å²) in [5, 5.41) is 1.91. The Kier molecular flexibility index (Phi) is 3.82. The summed E-state index contributed by atoms with van der Waals surface area (Å²) in [6.07, 6.45) is 2.46. The van der Waals surface area contributed by atoms with Crippen molar-refractivity contribution in [2.75, 3.05) is 5.75 Å². The van der Waals surface area contributed by atoms with Crippen LogP contribution in [0.2, 0.25) is 0 Å². The molecule has 3 aromatic rings. The zero-order chi connectivity index (χ0) is 16.0. The minimum Gasteiger partial charge on any atom is -0.228 e. The van der Waals surface area contributed by atoms with Crippen molar-refractivity contribution in [2.45, 2.75) is 26.2 Å². The zero-order valence-corrected chi connectivity index (χ0v) is 15.3. The average Bonchev–Trinajstić information content (AvgIpc) is 3.12. The molecule has 0 bridgehead atoms. The maximum Gasteiger partial charge on any atom is 0.162 e. The average molecular weight is 362 g/mol. The van der Waals surface area contributed by atoms with Crippen LogP contribution in [0, 0.1) is 12.2 Å². The maximum atomic E-state index is 12.3. The van der Waals surface area contributed by atoms with E-state index in [0.29, 0.717) is 17.4 Å². The first-order valence-electron chi connectivity index (χ1n) is 7.72. The van der Waals surface area contributed by atoms with Crippen LogP contribution in [0.3, 0.4) is 0 Å². The van der Waals surface area contributed by atoms with Gasteiger partial charge in [0.05, 0.1) is 5.75 Å². The van der Waals surface area contributed by atoms with E-state index in [-0.39, 0.29) is 0 Å². The molecule has 1 aliphatic heterocycles. The molecule has 0 unspecified atom stereocenters.